The second kappa shape index (κ2) is 11.7. The van der Waals surface area contributed by atoms with Crippen molar-refractivity contribution in [2.24, 2.45) is 0 Å². The Balaban J connectivity index is 1.52. The summed E-state index contributed by atoms with van der Waals surface area (Å²) in [6, 6.07) is 7.89. The van der Waals surface area contributed by atoms with Crippen molar-refractivity contribution in [3.05, 3.63) is 52.5 Å². The van der Waals surface area contributed by atoms with Crippen molar-refractivity contribution in [1.29, 1.82) is 0 Å². The molecule has 11 nitrogen and oxygen atoms in total. The number of fused-ring (bicyclic) bond motifs is 1. The summed E-state index contributed by atoms with van der Waals surface area (Å²) in [5.74, 6) is 0.714. The van der Waals surface area contributed by atoms with E-state index in [9.17, 15) is 14.8 Å². The Hall–Kier alpha value is -3.86. The minimum atomic E-state index is -0.619. The van der Waals surface area contributed by atoms with Gasteiger partial charge in [-0.1, -0.05) is 12.1 Å². The fraction of sp³-hybridized carbons (Fsp3) is 0.440. The van der Waals surface area contributed by atoms with Crippen molar-refractivity contribution in [1.82, 2.24) is 25.2 Å². The molecule has 1 aliphatic heterocycles. The van der Waals surface area contributed by atoms with Gasteiger partial charge in [-0.15, -0.1) is 0 Å². The minimum absolute atomic E-state index is 0.0899. The number of hydroxylamine groups is 2. The van der Waals surface area contributed by atoms with E-state index < -0.39 is 11.7 Å². The Morgan fingerprint density at radius 1 is 1.22 bits per heavy atom. The first kappa shape index (κ1) is 26.7. The van der Waals surface area contributed by atoms with Gasteiger partial charge < -0.3 is 35.9 Å². The van der Waals surface area contributed by atoms with Crippen LogP contribution in [-0.2, 0) is 16.1 Å². The zero-order valence-corrected chi connectivity index (χ0v) is 21.4. The van der Waals surface area contributed by atoms with Crippen molar-refractivity contribution < 1.29 is 14.3 Å². The number of ether oxygens (including phenoxy) is 1. The van der Waals surface area contributed by atoms with Crippen molar-refractivity contribution in [3.8, 4) is 0 Å². The summed E-state index contributed by atoms with van der Waals surface area (Å²) in [6.45, 7) is 8.32. The summed E-state index contributed by atoms with van der Waals surface area (Å²) in [6.07, 6.45) is 3.18. The summed E-state index contributed by atoms with van der Waals surface area (Å²) in [5.41, 5.74) is 2.75. The van der Waals surface area contributed by atoms with E-state index in [0.29, 0.717) is 37.0 Å². The van der Waals surface area contributed by atoms with Crippen LogP contribution < -0.4 is 16.0 Å². The standard InChI is InChI=1S/C25H34N7O4/c1-17-8-6-9-18(14-17)28-22-19-15-32(35)13-10-20(19)29-23(30-22)27-12-7-11-26-21(33)16-31(5)24(34)36-25(2,3)4/h6,8-10,13-14H,7,11-12,15-16H2,1-5H3,(H,26,33)(H2,27,28,29,30)/q-1. The lowest BCUT2D eigenvalue weighted by molar-refractivity contribution is -0.122. The number of aryl methyl sites for hydroxylation is 1. The lowest BCUT2D eigenvalue weighted by atomic mass is 10.1. The number of carbonyl (C=O) groups excluding carboxylic acids is 2. The largest absolute Gasteiger partial charge is 0.758 e. The molecule has 0 saturated heterocycles. The molecule has 0 bridgehead atoms. The molecule has 0 radical (unpaired) electrons. The van der Waals surface area contributed by atoms with Crippen molar-refractivity contribution in [2.75, 3.05) is 37.3 Å². The van der Waals surface area contributed by atoms with Crippen LogP contribution in [0.4, 0.5) is 22.2 Å². The molecule has 1 aromatic heterocycles. The Morgan fingerprint density at radius 2 is 2.00 bits per heavy atom. The van der Waals surface area contributed by atoms with E-state index in [1.54, 1.807) is 26.8 Å². The second-order valence-electron chi connectivity index (χ2n) is 9.61. The van der Waals surface area contributed by atoms with Crippen LogP contribution in [0.1, 0.15) is 44.0 Å². The van der Waals surface area contributed by atoms with E-state index in [0.717, 1.165) is 21.9 Å². The highest BCUT2D eigenvalue weighted by molar-refractivity contribution is 5.82. The van der Waals surface area contributed by atoms with Crippen LogP contribution in [0.2, 0.25) is 0 Å². The Bertz CT molecular complexity index is 1110. The first-order chi connectivity index (χ1) is 17.0. The molecule has 3 N–H and O–H groups in total. The monoisotopic (exact) mass is 496 g/mol. The van der Waals surface area contributed by atoms with E-state index in [-0.39, 0.29) is 19.0 Å². The fourth-order valence-corrected chi connectivity index (χ4v) is 3.39. The zero-order valence-electron chi connectivity index (χ0n) is 21.4. The van der Waals surface area contributed by atoms with Crippen LogP contribution in [0, 0.1) is 12.1 Å². The predicted molar refractivity (Wildman–Crippen MR) is 139 cm³/mol. The summed E-state index contributed by atoms with van der Waals surface area (Å²) < 4.78 is 5.24. The molecule has 11 heteroatoms. The summed E-state index contributed by atoms with van der Waals surface area (Å²) in [7, 11) is 1.52. The molecule has 1 aliphatic rings. The van der Waals surface area contributed by atoms with Gasteiger partial charge in [0.25, 0.3) is 0 Å². The van der Waals surface area contributed by atoms with Gasteiger partial charge in [-0.25, -0.2) is 9.78 Å². The molecule has 0 saturated carbocycles. The number of hydrogen-bond donors (Lipinski definition) is 3. The van der Waals surface area contributed by atoms with E-state index in [1.165, 1.54) is 18.1 Å². The summed E-state index contributed by atoms with van der Waals surface area (Å²) in [5, 5.41) is 22.0. The topological polar surface area (TPSA) is 135 Å². The number of rotatable bonds is 9. The first-order valence-electron chi connectivity index (χ1n) is 11.8. The maximum absolute atomic E-state index is 12.1. The Kier molecular flexibility index (Phi) is 8.70. The van der Waals surface area contributed by atoms with E-state index in [1.807, 2.05) is 31.2 Å². The molecule has 36 heavy (non-hydrogen) atoms. The number of nitrogens with one attached hydrogen (secondary N) is 3. The third kappa shape index (κ3) is 8.12. The number of anilines is 3. The average Bonchev–Trinajstić information content (AvgIpc) is 2.78. The van der Waals surface area contributed by atoms with Crippen LogP contribution >= 0.6 is 0 Å². The third-order valence-corrected chi connectivity index (χ3v) is 5.08. The van der Waals surface area contributed by atoms with Crippen LogP contribution in [0.3, 0.4) is 0 Å². The third-order valence-electron chi connectivity index (χ3n) is 5.08. The second-order valence-corrected chi connectivity index (χ2v) is 9.61. The SMILES string of the molecule is Cc1cccc(Nc2nc(NCCCNC(=O)CN(C)C(=O)OC(C)(C)C)nc3c2CN([O-])C=C3)c1. The van der Waals surface area contributed by atoms with Gasteiger partial charge in [0.1, 0.15) is 18.0 Å². The maximum atomic E-state index is 12.1. The molecule has 0 spiro atoms. The van der Waals surface area contributed by atoms with Crippen LogP contribution in [0.15, 0.2) is 30.5 Å². The van der Waals surface area contributed by atoms with Crippen LogP contribution in [0.5, 0.6) is 0 Å². The number of benzene rings is 1. The van der Waals surface area contributed by atoms with Crippen molar-refractivity contribution in [3.63, 3.8) is 0 Å². The van der Waals surface area contributed by atoms with Gasteiger partial charge in [-0.2, -0.15) is 4.98 Å². The summed E-state index contributed by atoms with van der Waals surface area (Å²) >= 11 is 0. The Morgan fingerprint density at radius 3 is 2.72 bits per heavy atom. The molecule has 2 heterocycles. The molecule has 2 aromatic rings. The normalized spacial score (nSPS) is 12.6. The number of hydrogen-bond acceptors (Lipinski definition) is 9. The zero-order chi connectivity index (χ0) is 26.3. The quantitative estimate of drug-likeness (QED) is 0.445. The molecular formula is C25H34N7O4-. The number of likely N-dealkylation sites (N-methyl/N-ethyl adjacent to an activating group) is 1. The van der Waals surface area contributed by atoms with Crippen LogP contribution in [-0.4, -0.2) is 64.2 Å². The van der Waals surface area contributed by atoms with Gasteiger partial charge in [0.2, 0.25) is 11.9 Å². The molecule has 194 valence electrons. The van der Waals surface area contributed by atoms with Gasteiger partial charge >= 0.3 is 6.09 Å². The first-order valence-corrected chi connectivity index (χ1v) is 11.8. The van der Waals surface area contributed by atoms with Crippen molar-refractivity contribution in [2.45, 2.75) is 46.3 Å². The molecule has 1 aromatic carbocycles. The van der Waals surface area contributed by atoms with E-state index in [4.69, 9.17) is 4.74 Å². The number of nitrogens with zero attached hydrogens (tertiary/aromatic N) is 4. The average molecular weight is 497 g/mol. The predicted octanol–water partition coefficient (Wildman–Crippen LogP) is 3.60. The molecule has 0 atom stereocenters. The highest BCUT2D eigenvalue weighted by Crippen LogP contribution is 2.28. The molecule has 0 unspecified atom stereocenters. The van der Waals surface area contributed by atoms with Gasteiger partial charge in [-0.05, 0) is 64.1 Å². The lowest BCUT2D eigenvalue weighted by Gasteiger charge is -2.31. The highest BCUT2D eigenvalue weighted by atomic mass is 16.6. The number of aromatic nitrogens is 2. The maximum Gasteiger partial charge on any atom is 0.410 e. The van der Waals surface area contributed by atoms with Crippen molar-refractivity contribution >= 4 is 35.5 Å². The van der Waals surface area contributed by atoms with E-state index >= 15 is 0 Å². The molecular weight excluding hydrogens is 462 g/mol. The molecule has 2 amide bonds. The number of carbonyl (C=O) groups is 2. The van der Waals surface area contributed by atoms with Gasteiger partial charge in [0.15, 0.2) is 0 Å². The molecule has 0 aliphatic carbocycles. The lowest BCUT2D eigenvalue weighted by Crippen LogP contribution is -2.41. The number of amides is 2. The van der Waals surface area contributed by atoms with Gasteiger partial charge in [-0.3, -0.25) is 4.79 Å². The summed E-state index contributed by atoms with van der Waals surface area (Å²) in [4.78, 5) is 34.5. The van der Waals surface area contributed by atoms with Gasteiger partial charge in [0.05, 0.1) is 5.69 Å². The van der Waals surface area contributed by atoms with E-state index in [2.05, 4.69) is 25.9 Å². The highest BCUT2D eigenvalue weighted by Gasteiger charge is 2.21. The Labute approximate surface area is 211 Å². The minimum Gasteiger partial charge on any atom is -0.758 e. The van der Waals surface area contributed by atoms with Crippen LogP contribution in [0.25, 0.3) is 6.08 Å². The molecule has 3 rings (SSSR count). The molecule has 0 fully saturated rings. The van der Waals surface area contributed by atoms with Gasteiger partial charge in [0, 0.05) is 37.9 Å². The fourth-order valence-electron chi connectivity index (χ4n) is 3.39. The smallest absolute Gasteiger partial charge is 0.410 e.